The third-order valence-corrected chi connectivity index (χ3v) is 2.82. The van der Waals surface area contributed by atoms with Gasteiger partial charge in [-0.25, -0.2) is 0 Å². The molecule has 72 valence electrons. The average molecular weight is 171 g/mol. The predicted octanol–water partition coefficient (Wildman–Crippen LogP) is 1.49. The van der Waals surface area contributed by atoms with Crippen LogP contribution in [0, 0.1) is 5.92 Å². The van der Waals surface area contributed by atoms with Gasteiger partial charge in [-0.15, -0.1) is 0 Å². The summed E-state index contributed by atoms with van der Waals surface area (Å²) in [5.74, 6) is 0.963. The molecule has 1 saturated heterocycles. The van der Waals surface area contributed by atoms with Crippen molar-refractivity contribution in [3.8, 4) is 0 Å². The van der Waals surface area contributed by atoms with Crippen LogP contribution in [0.2, 0.25) is 0 Å². The van der Waals surface area contributed by atoms with Crippen LogP contribution in [0.5, 0.6) is 0 Å². The van der Waals surface area contributed by atoms with Crippen LogP contribution in [-0.2, 0) is 0 Å². The highest BCUT2D eigenvalue weighted by Gasteiger charge is 2.17. The van der Waals surface area contributed by atoms with Crippen LogP contribution in [0.25, 0.3) is 0 Å². The van der Waals surface area contributed by atoms with Crippen LogP contribution in [0.3, 0.4) is 0 Å². The van der Waals surface area contributed by atoms with Gasteiger partial charge in [0.05, 0.1) is 6.61 Å². The number of rotatable bonds is 4. The summed E-state index contributed by atoms with van der Waals surface area (Å²) < 4.78 is 0. The van der Waals surface area contributed by atoms with E-state index in [2.05, 4.69) is 11.8 Å². The molecule has 0 aromatic rings. The predicted molar refractivity (Wildman–Crippen MR) is 51.2 cm³/mol. The van der Waals surface area contributed by atoms with E-state index in [4.69, 9.17) is 5.11 Å². The van der Waals surface area contributed by atoms with E-state index >= 15 is 0 Å². The molecule has 0 aliphatic carbocycles. The Kier molecular flexibility index (Phi) is 4.62. The molecule has 0 saturated carbocycles. The van der Waals surface area contributed by atoms with Gasteiger partial charge in [0.25, 0.3) is 0 Å². The third-order valence-electron chi connectivity index (χ3n) is 2.82. The van der Waals surface area contributed by atoms with E-state index in [1.165, 1.54) is 38.8 Å². The van der Waals surface area contributed by atoms with E-state index in [0.29, 0.717) is 6.61 Å². The van der Waals surface area contributed by atoms with E-state index in [1.54, 1.807) is 0 Å². The monoisotopic (exact) mass is 171 g/mol. The summed E-state index contributed by atoms with van der Waals surface area (Å²) in [7, 11) is 0. The minimum absolute atomic E-state index is 0.318. The van der Waals surface area contributed by atoms with Gasteiger partial charge in [0.1, 0.15) is 0 Å². The fraction of sp³-hybridized carbons (Fsp3) is 1.00. The number of hydrogen-bond donors (Lipinski definition) is 1. The Morgan fingerprint density at radius 1 is 1.33 bits per heavy atom. The molecule has 0 atom stereocenters. The van der Waals surface area contributed by atoms with Gasteiger partial charge in [0.2, 0.25) is 0 Å². The molecule has 0 aromatic carbocycles. The number of aliphatic hydroxyl groups excluding tert-OH is 1. The maximum atomic E-state index is 8.75. The summed E-state index contributed by atoms with van der Waals surface area (Å²) in [6.07, 6.45) is 5.40. The highest BCUT2D eigenvalue weighted by Crippen LogP contribution is 2.20. The Balaban J connectivity index is 2.11. The number of β-amino-alcohol motifs (C(OH)–C–C–N with tert-alkyl or cyclic N) is 1. The molecule has 1 rings (SSSR count). The molecule has 0 unspecified atom stereocenters. The van der Waals surface area contributed by atoms with Crippen LogP contribution in [-0.4, -0.2) is 36.2 Å². The topological polar surface area (TPSA) is 23.5 Å². The first kappa shape index (κ1) is 10.0. The highest BCUT2D eigenvalue weighted by molar-refractivity contribution is 4.71. The van der Waals surface area contributed by atoms with Gasteiger partial charge >= 0.3 is 0 Å². The normalized spacial score (nSPS) is 21.5. The van der Waals surface area contributed by atoms with Crippen molar-refractivity contribution in [3.63, 3.8) is 0 Å². The van der Waals surface area contributed by atoms with Crippen molar-refractivity contribution in [1.29, 1.82) is 0 Å². The first-order valence-electron chi connectivity index (χ1n) is 5.20. The SMILES string of the molecule is CCCC1CCN(CCO)CC1. The molecule has 0 aromatic heterocycles. The zero-order valence-electron chi connectivity index (χ0n) is 8.13. The average Bonchev–Trinajstić information content (AvgIpc) is 2.09. The molecule has 0 spiro atoms. The largest absolute Gasteiger partial charge is 0.395 e. The van der Waals surface area contributed by atoms with E-state index < -0.39 is 0 Å². The summed E-state index contributed by atoms with van der Waals surface area (Å²) in [5, 5.41) is 8.75. The Morgan fingerprint density at radius 2 is 2.00 bits per heavy atom. The molecule has 1 aliphatic rings. The second kappa shape index (κ2) is 5.55. The maximum Gasteiger partial charge on any atom is 0.0558 e. The van der Waals surface area contributed by atoms with Crippen molar-refractivity contribution in [2.45, 2.75) is 32.6 Å². The molecule has 1 N–H and O–H groups in total. The highest BCUT2D eigenvalue weighted by atomic mass is 16.3. The summed E-state index contributed by atoms with van der Waals surface area (Å²) in [6, 6.07) is 0. The third kappa shape index (κ3) is 3.11. The van der Waals surface area contributed by atoms with Crippen molar-refractivity contribution in [1.82, 2.24) is 4.90 Å². The van der Waals surface area contributed by atoms with E-state index in [0.717, 1.165) is 12.5 Å². The fourth-order valence-electron chi connectivity index (χ4n) is 2.05. The van der Waals surface area contributed by atoms with Gasteiger partial charge in [-0.05, 0) is 31.8 Å². The summed E-state index contributed by atoms with van der Waals surface area (Å²) in [5.41, 5.74) is 0. The zero-order valence-corrected chi connectivity index (χ0v) is 8.13. The molecule has 1 aliphatic heterocycles. The van der Waals surface area contributed by atoms with Gasteiger partial charge < -0.3 is 10.0 Å². The van der Waals surface area contributed by atoms with Gasteiger partial charge in [0, 0.05) is 6.54 Å². The number of likely N-dealkylation sites (tertiary alicyclic amines) is 1. The smallest absolute Gasteiger partial charge is 0.0558 e. The summed E-state index contributed by atoms with van der Waals surface area (Å²) >= 11 is 0. The molecule has 1 heterocycles. The quantitative estimate of drug-likeness (QED) is 0.692. The molecule has 0 amide bonds. The van der Waals surface area contributed by atoms with Crippen molar-refractivity contribution in [3.05, 3.63) is 0 Å². The van der Waals surface area contributed by atoms with Crippen molar-refractivity contribution < 1.29 is 5.11 Å². The number of nitrogens with zero attached hydrogens (tertiary/aromatic N) is 1. The Labute approximate surface area is 75.6 Å². The van der Waals surface area contributed by atoms with Gasteiger partial charge in [0.15, 0.2) is 0 Å². The molecular formula is C10H21NO. The van der Waals surface area contributed by atoms with Crippen molar-refractivity contribution >= 4 is 0 Å². The lowest BCUT2D eigenvalue weighted by atomic mass is 9.92. The Bertz CT molecular complexity index is 94.4. The second-order valence-electron chi connectivity index (χ2n) is 3.80. The molecular weight excluding hydrogens is 150 g/mol. The molecule has 0 bridgehead atoms. The van der Waals surface area contributed by atoms with Crippen molar-refractivity contribution in [2.75, 3.05) is 26.2 Å². The lowest BCUT2D eigenvalue weighted by molar-refractivity contribution is 0.144. The number of piperidine rings is 1. The first-order valence-corrected chi connectivity index (χ1v) is 5.20. The zero-order chi connectivity index (χ0) is 8.81. The molecule has 12 heavy (non-hydrogen) atoms. The summed E-state index contributed by atoms with van der Waals surface area (Å²) in [6.45, 7) is 5.86. The summed E-state index contributed by atoms with van der Waals surface area (Å²) in [4.78, 5) is 2.37. The van der Waals surface area contributed by atoms with Crippen LogP contribution in [0.1, 0.15) is 32.6 Å². The van der Waals surface area contributed by atoms with Crippen LogP contribution >= 0.6 is 0 Å². The van der Waals surface area contributed by atoms with E-state index in [9.17, 15) is 0 Å². The molecule has 0 radical (unpaired) electrons. The van der Waals surface area contributed by atoms with Crippen LogP contribution < -0.4 is 0 Å². The maximum absolute atomic E-state index is 8.75. The van der Waals surface area contributed by atoms with Gasteiger partial charge in [-0.1, -0.05) is 19.8 Å². The Hall–Kier alpha value is -0.0800. The Morgan fingerprint density at radius 3 is 2.50 bits per heavy atom. The second-order valence-corrected chi connectivity index (χ2v) is 3.80. The molecule has 1 fully saturated rings. The number of hydrogen-bond acceptors (Lipinski definition) is 2. The minimum atomic E-state index is 0.318. The lowest BCUT2D eigenvalue weighted by Gasteiger charge is -2.31. The van der Waals surface area contributed by atoms with Crippen LogP contribution in [0.4, 0.5) is 0 Å². The lowest BCUT2D eigenvalue weighted by Crippen LogP contribution is -2.35. The standard InChI is InChI=1S/C10H21NO/c1-2-3-10-4-6-11(7-5-10)8-9-12/h10,12H,2-9H2,1H3. The fourth-order valence-corrected chi connectivity index (χ4v) is 2.05. The molecule has 2 nitrogen and oxygen atoms in total. The molecule has 2 heteroatoms. The number of aliphatic hydroxyl groups is 1. The first-order chi connectivity index (χ1) is 5.86. The van der Waals surface area contributed by atoms with E-state index in [1.807, 2.05) is 0 Å². The van der Waals surface area contributed by atoms with Gasteiger partial charge in [-0.3, -0.25) is 0 Å². The van der Waals surface area contributed by atoms with Gasteiger partial charge in [-0.2, -0.15) is 0 Å². The van der Waals surface area contributed by atoms with Crippen molar-refractivity contribution in [2.24, 2.45) is 5.92 Å². The van der Waals surface area contributed by atoms with Crippen LogP contribution in [0.15, 0.2) is 0 Å². The minimum Gasteiger partial charge on any atom is -0.395 e. The van der Waals surface area contributed by atoms with E-state index in [-0.39, 0.29) is 0 Å².